The number of benzene rings is 2. The van der Waals surface area contributed by atoms with E-state index in [0.717, 1.165) is 10.0 Å². The molecule has 0 saturated carbocycles. The Morgan fingerprint density at radius 2 is 1.83 bits per heavy atom. The molecule has 94 valence electrons. The number of phenols is 1. The fraction of sp³-hybridized carbons (Fsp3) is 0.0769. The van der Waals surface area contributed by atoms with Crippen LogP contribution in [0.4, 0.5) is 0 Å². The standard InChI is InChI=1S/C13H9BrCl2O2/c1-7-4-11(17)13(6-9(7)14)18-12-3-2-8(15)5-10(12)16/h2-6,17H,1H3. The van der Waals surface area contributed by atoms with Gasteiger partial charge in [-0.25, -0.2) is 0 Å². The summed E-state index contributed by atoms with van der Waals surface area (Å²) in [6.07, 6.45) is 0. The van der Waals surface area contributed by atoms with E-state index in [4.69, 9.17) is 27.9 Å². The SMILES string of the molecule is Cc1cc(O)c(Oc2ccc(Cl)cc2Cl)cc1Br. The van der Waals surface area contributed by atoms with Crippen LogP contribution in [0.15, 0.2) is 34.8 Å². The lowest BCUT2D eigenvalue weighted by Gasteiger charge is -2.11. The zero-order valence-electron chi connectivity index (χ0n) is 9.38. The van der Waals surface area contributed by atoms with Crippen molar-refractivity contribution in [3.05, 3.63) is 50.4 Å². The summed E-state index contributed by atoms with van der Waals surface area (Å²) in [5.74, 6) is 0.825. The number of halogens is 3. The number of rotatable bonds is 2. The van der Waals surface area contributed by atoms with Gasteiger partial charge < -0.3 is 9.84 Å². The largest absolute Gasteiger partial charge is 0.504 e. The van der Waals surface area contributed by atoms with Crippen LogP contribution in [0.2, 0.25) is 10.0 Å². The van der Waals surface area contributed by atoms with Gasteiger partial charge in [-0.05, 0) is 42.8 Å². The highest BCUT2D eigenvalue weighted by atomic mass is 79.9. The summed E-state index contributed by atoms with van der Waals surface area (Å²) < 4.78 is 6.41. The number of hydrogen-bond donors (Lipinski definition) is 1. The Labute approximate surface area is 123 Å². The van der Waals surface area contributed by atoms with Crippen molar-refractivity contribution in [2.45, 2.75) is 6.92 Å². The van der Waals surface area contributed by atoms with Crippen LogP contribution >= 0.6 is 39.1 Å². The van der Waals surface area contributed by atoms with Crippen LogP contribution in [0.25, 0.3) is 0 Å². The number of aryl methyl sites for hydroxylation is 1. The highest BCUT2D eigenvalue weighted by Gasteiger charge is 2.10. The van der Waals surface area contributed by atoms with Crippen molar-refractivity contribution in [1.29, 1.82) is 0 Å². The van der Waals surface area contributed by atoms with Crippen LogP contribution in [-0.2, 0) is 0 Å². The molecule has 0 saturated heterocycles. The molecule has 1 N–H and O–H groups in total. The Kier molecular flexibility index (Phi) is 4.05. The van der Waals surface area contributed by atoms with E-state index in [0.29, 0.717) is 21.5 Å². The maximum atomic E-state index is 9.81. The molecule has 2 rings (SSSR count). The van der Waals surface area contributed by atoms with Gasteiger partial charge in [0.15, 0.2) is 11.5 Å². The number of aromatic hydroxyl groups is 1. The lowest BCUT2D eigenvalue weighted by Crippen LogP contribution is -1.87. The first-order chi connectivity index (χ1) is 8.47. The van der Waals surface area contributed by atoms with E-state index in [1.807, 2.05) is 6.92 Å². The van der Waals surface area contributed by atoms with Gasteiger partial charge in [0.1, 0.15) is 5.75 Å². The normalized spacial score (nSPS) is 10.4. The second-order valence-corrected chi connectivity index (χ2v) is 5.44. The second kappa shape index (κ2) is 5.39. The van der Waals surface area contributed by atoms with Crippen LogP contribution in [0, 0.1) is 6.92 Å². The van der Waals surface area contributed by atoms with Gasteiger partial charge in [-0.1, -0.05) is 39.1 Å². The van der Waals surface area contributed by atoms with Gasteiger partial charge in [0.2, 0.25) is 0 Å². The van der Waals surface area contributed by atoms with E-state index in [1.54, 1.807) is 30.3 Å². The molecule has 0 aliphatic heterocycles. The van der Waals surface area contributed by atoms with Gasteiger partial charge >= 0.3 is 0 Å². The highest BCUT2D eigenvalue weighted by Crippen LogP contribution is 2.38. The molecule has 0 bridgehead atoms. The summed E-state index contributed by atoms with van der Waals surface area (Å²) in [5.41, 5.74) is 0.919. The summed E-state index contributed by atoms with van der Waals surface area (Å²) in [5, 5.41) is 10.7. The van der Waals surface area contributed by atoms with Crippen LogP contribution in [0.5, 0.6) is 17.2 Å². The third-order valence-electron chi connectivity index (χ3n) is 2.35. The zero-order valence-corrected chi connectivity index (χ0v) is 12.5. The van der Waals surface area contributed by atoms with Crippen LogP contribution in [0.3, 0.4) is 0 Å². The summed E-state index contributed by atoms with van der Waals surface area (Å²) in [4.78, 5) is 0. The molecule has 0 radical (unpaired) electrons. The van der Waals surface area contributed by atoms with E-state index < -0.39 is 0 Å². The molecule has 0 spiro atoms. The molecule has 0 heterocycles. The first-order valence-corrected chi connectivity index (χ1v) is 6.64. The molecule has 0 unspecified atom stereocenters. The average Bonchev–Trinajstić information content (AvgIpc) is 2.29. The smallest absolute Gasteiger partial charge is 0.170 e. The molecule has 2 nitrogen and oxygen atoms in total. The lowest BCUT2D eigenvalue weighted by atomic mass is 10.2. The van der Waals surface area contributed by atoms with E-state index in [-0.39, 0.29) is 5.75 Å². The van der Waals surface area contributed by atoms with Crippen LogP contribution in [0.1, 0.15) is 5.56 Å². The van der Waals surface area contributed by atoms with E-state index >= 15 is 0 Å². The van der Waals surface area contributed by atoms with Gasteiger partial charge in [0.25, 0.3) is 0 Å². The molecule has 0 fully saturated rings. The van der Waals surface area contributed by atoms with Crippen LogP contribution in [-0.4, -0.2) is 5.11 Å². The molecule has 2 aromatic rings. The van der Waals surface area contributed by atoms with E-state index in [9.17, 15) is 5.11 Å². The first-order valence-electron chi connectivity index (χ1n) is 5.09. The Balaban J connectivity index is 2.37. The molecule has 0 aliphatic rings. The van der Waals surface area contributed by atoms with Gasteiger partial charge in [-0.15, -0.1) is 0 Å². The molecule has 5 heteroatoms. The van der Waals surface area contributed by atoms with Crippen LogP contribution < -0.4 is 4.74 Å². The molecule has 0 amide bonds. The Bertz CT molecular complexity index is 600. The van der Waals surface area contributed by atoms with Crippen molar-refractivity contribution in [1.82, 2.24) is 0 Å². The third kappa shape index (κ3) is 2.91. The van der Waals surface area contributed by atoms with Gasteiger partial charge in [0, 0.05) is 9.50 Å². The Morgan fingerprint density at radius 1 is 1.11 bits per heavy atom. The predicted molar refractivity (Wildman–Crippen MR) is 77.1 cm³/mol. The van der Waals surface area contributed by atoms with Crippen molar-refractivity contribution in [2.75, 3.05) is 0 Å². The third-order valence-corrected chi connectivity index (χ3v) is 3.74. The molecule has 2 aromatic carbocycles. The molecular formula is C13H9BrCl2O2. The quantitative estimate of drug-likeness (QED) is 0.770. The molecular weight excluding hydrogens is 339 g/mol. The summed E-state index contributed by atoms with van der Waals surface area (Å²) >= 11 is 15.2. The Morgan fingerprint density at radius 3 is 2.50 bits per heavy atom. The average molecular weight is 348 g/mol. The number of phenolic OH excluding ortho intramolecular Hbond substituents is 1. The molecule has 0 aliphatic carbocycles. The van der Waals surface area contributed by atoms with Gasteiger partial charge in [-0.3, -0.25) is 0 Å². The van der Waals surface area contributed by atoms with Crippen molar-refractivity contribution >= 4 is 39.1 Å². The molecule has 0 aromatic heterocycles. The second-order valence-electron chi connectivity index (χ2n) is 3.75. The highest BCUT2D eigenvalue weighted by molar-refractivity contribution is 9.10. The minimum absolute atomic E-state index is 0.0571. The fourth-order valence-corrected chi connectivity index (χ4v) is 2.18. The number of ether oxygens (including phenoxy) is 1. The fourth-order valence-electron chi connectivity index (χ4n) is 1.41. The first kappa shape index (κ1) is 13.5. The Hall–Kier alpha value is -0.900. The number of hydrogen-bond acceptors (Lipinski definition) is 2. The maximum absolute atomic E-state index is 9.81. The van der Waals surface area contributed by atoms with Crippen molar-refractivity contribution in [3.8, 4) is 17.2 Å². The molecule has 0 atom stereocenters. The topological polar surface area (TPSA) is 29.5 Å². The molecule has 18 heavy (non-hydrogen) atoms. The summed E-state index contributed by atoms with van der Waals surface area (Å²) in [6, 6.07) is 8.21. The van der Waals surface area contributed by atoms with Gasteiger partial charge in [-0.2, -0.15) is 0 Å². The minimum atomic E-state index is 0.0571. The van der Waals surface area contributed by atoms with Crippen molar-refractivity contribution in [2.24, 2.45) is 0 Å². The van der Waals surface area contributed by atoms with E-state index in [1.165, 1.54) is 0 Å². The van der Waals surface area contributed by atoms with E-state index in [2.05, 4.69) is 15.9 Å². The van der Waals surface area contributed by atoms with Crippen molar-refractivity contribution < 1.29 is 9.84 Å². The maximum Gasteiger partial charge on any atom is 0.170 e. The monoisotopic (exact) mass is 346 g/mol. The predicted octanol–water partition coefficient (Wildman–Crippen LogP) is 5.56. The summed E-state index contributed by atoms with van der Waals surface area (Å²) in [6.45, 7) is 1.88. The zero-order chi connectivity index (χ0) is 13.3. The summed E-state index contributed by atoms with van der Waals surface area (Å²) in [7, 11) is 0. The minimum Gasteiger partial charge on any atom is -0.504 e. The van der Waals surface area contributed by atoms with Crippen molar-refractivity contribution in [3.63, 3.8) is 0 Å². The lowest BCUT2D eigenvalue weighted by molar-refractivity contribution is 0.410. The van der Waals surface area contributed by atoms with Gasteiger partial charge in [0.05, 0.1) is 5.02 Å².